The number of hydrogen-bond donors (Lipinski definition) is 1. The second-order valence-corrected chi connectivity index (χ2v) is 9.24. The minimum Gasteiger partial charge on any atom is -0.497 e. The molecule has 33 heavy (non-hydrogen) atoms. The van der Waals surface area contributed by atoms with Crippen LogP contribution in [0.25, 0.3) is 5.69 Å². The minimum absolute atomic E-state index is 0.145. The van der Waals surface area contributed by atoms with Crippen molar-refractivity contribution in [3.05, 3.63) is 71.5 Å². The molecule has 10 heteroatoms. The highest BCUT2D eigenvalue weighted by Gasteiger charge is 2.22. The zero-order valence-electron chi connectivity index (χ0n) is 18.4. The Morgan fingerprint density at radius 1 is 1.12 bits per heavy atom. The number of methoxy groups -OCH3 is 1. The Hall–Kier alpha value is -3.37. The maximum absolute atomic E-state index is 12.7. The number of nitrogens with zero attached hydrogens (tertiary/aromatic N) is 4. The summed E-state index contributed by atoms with van der Waals surface area (Å²) in [7, 11) is 1.62. The van der Waals surface area contributed by atoms with Gasteiger partial charge < -0.3 is 14.8 Å². The SMILES string of the molecule is COc1ccc(OCc2nnc(SC(C)C(=O)Nc3nc(C)cs3)n2-c2ccccc2)cc1. The molecule has 4 aromatic rings. The van der Waals surface area contributed by atoms with E-state index in [-0.39, 0.29) is 12.5 Å². The number of thioether (sulfide) groups is 1. The molecule has 170 valence electrons. The lowest BCUT2D eigenvalue weighted by Crippen LogP contribution is -2.23. The molecule has 2 aromatic carbocycles. The molecule has 2 aromatic heterocycles. The molecule has 0 aliphatic rings. The van der Waals surface area contributed by atoms with E-state index in [4.69, 9.17) is 9.47 Å². The van der Waals surface area contributed by atoms with Crippen molar-refractivity contribution >= 4 is 34.1 Å². The molecule has 0 fully saturated rings. The van der Waals surface area contributed by atoms with Gasteiger partial charge in [-0.1, -0.05) is 30.0 Å². The smallest absolute Gasteiger partial charge is 0.239 e. The van der Waals surface area contributed by atoms with Crippen molar-refractivity contribution in [2.75, 3.05) is 12.4 Å². The Morgan fingerprint density at radius 2 is 1.85 bits per heavy atom. The van der Waals surface area contributed by atoms with Gasteiger partial charge in [0.05, 0.1) is 18.1 Å². The number of amides is 1. The molecule has 0 spiro atoms. The fourth-order valence-corrected chi connectivity index (χ4v) is 4.53. The Morgan fingerprint density at radius 3 is 2.52 bits per heavy atom. The van der Waals surface area contributed by atoms with Crippen molar-refractivity contribution < 1.29 is 14.3 Å². The first-order valence-electron chi connectivity index (χ1n) is 10.2. The van der Waals surface area contributed by atoms with Gasteiger partial charge in [-0.25, -0.2) is 4.98 Å². The number of nitrogens with one attached hydrogen (secondary N) is 1. The third-order valence-corrected chi connectivity index (χ3v) is 6.56. The van der Waals surface area contributed by atoms with Gasteiger partial charge in [0.1, 0.15) is 18.1 Å². The molecule has 4 rings (SSSR count). The average Bonchev–Trinajstić information content (AvgIpc) is 3.43. The van der Waals surface area contributed by atoms with Gasteiger partial charge >= 0.3 is 0 Å². The number of thiazole rings is 1. The Bertz CT molecular complexity index is 1210. The Balaban J connectivity index is 1.52. The molecule has 2 heterocycles. The van der Waals surface area contributed by atoms with Crippen LogP contribution in [0.15, 0.2) is 65.1 Å². The lowest BCUT2D eigenvalue weighted by molar-refractivity contribution is -0.115. The first kappa shape index (κ1) is 22.8. The molecule has 1 amide bonds. The van der Waals surface area contributed by atoms with E-state index in [2.05, 4.69) is 20.5 Å². The Kier molecular flexibility index (Phi) is 7.26. The van der Waals surface area contributed by atoms with Crippen LogP contribution in [-0.4, -0.2) is 38.0 Å². The number of aryl methyl sites for hydroxylation is 1. The maximum atomic E-state index is 12.7. The van der Waals surface area contributed by atoms with E-state index in [9.17, 15) is 4.79 Å². The molecule has 8 nitrogen and oxygen atoms in total. The van der Waals surface area contributed by atoms with Crippen LogP contribution >= 0.6 is 23.1 Å². The van der Waals surface area contributed by atoms with E-state index in [1.807, 2.05) is 78.4 Å². The number of ether oxygens (including phenoxy) is 2. The third-order valence-electron chi connectivity index (χ3n) is 4.64. The lowest BCUT2D eigenvalue weighted by Gasteiger charge is -2.13. The van der Waals surface area contributed by atoms with E-state index in [1.165, 1.54) is 23.1 Å². The fraction of sp³-hybridized carbons (Fsp3) is 0.217. The second-order valence-electron chi connectivity index (χ2n) is 7.08. The van der Waals surface area contributed by atoms with E-state index in [0.717, 1.165) is 17.1 Å². The number of rotatable bonds is 9. The number of carbonyl (C=O) groups is 1. The maximum Gasteiger partial charge on any atom is 0.239 e. The topological polar surface area (TPSA) is 91.2 Å². The molecule has 1 N–H and O–H groups in total. The highest BCUT2D eigenvalue weighted by atomic mass is 32.2. The second kappa shape index (κ2) is 10.5. The summed E-state index contributed by atoms with van der Waals surface area (Å²) in [4.78, 5) is 17.0. The van der Waals surface area contributed by atoms with Crippen molar-refractivity contribution in [3.8, 4) is 17.2 Å². The normalized spacial score (nSPS) is 11.7. The number of para-hydroxylation sites is 1. The summed E-state index contributed by atoms with van der Waals surface area (Å²) in [6.07, 6.45) is 0. The van der Waals surface area contributed by atoms with E-state index in [0.29, 0.717) is 21.9 Å². The molecule has 0 saturated carbocycles. The number of benzene rings is 2. The van der Waals surface area contributed by atoms with Crippen molar-refractivity contribution in [3.63, 3.8) is 0 Å². The molecule has 0 radical (unpaired) electrons. The van der Waals surface area contributed by atoms with Crippen LogP contribution < -0.4 is 14.8 Å². The lowest BCUT2D eigenvalue weighted by atomic mass is 10.3. The van der Waals surface area contributed by atoms with Crippen LogP contribution in [0.5, 0.6) is 11.5 Å². The van der Waals surface area contributed by atoms with E-state index in [1.54, 1.807) is 7.11 Å². The monoisotopic (exact) mass is 481 g/mol. The fourth-order valence-electron chi connectivity index (χ4n) is 2.96. The molecule has 0 bridgehead atoms. The summed E-state index contributed by atoms with van der Waals surface area (Å²) in [5, 5.41) is 14.2. The zero-order chi connectivity index (χ0) is 23.2. The van der Waals surface area contributed by atoms with Gasteiger partial charge in [0.25, 0.3) is 0 Å². The summed E-state index contributed by atoms with van der Waals surface area (Å²) in [5.74, 6) is 1.93. The summed E-state index contributed by atoms with van der Waals surface area (Å²) < 4.78 is 13.0. The highest BCUT2D eigenvalue weighted by Crippen LogP contribution is 2.28. The van der Waals surface area contributed by atoms with Crippen molar-refractivity contribution in [1.29, 1.82) is 0 Å². The van der Waals surface area contributed by atoms with E-state index < -0.39 is 5.25 Å². The van der Waals surface area contributed by atoms with Gasteiger partial charge in [0.2, 0.25) is 5.91 Å². The van der Waals surface area contributed by atoms with Crippen LogP contribution in [0.4, 0.5) is 5.13 Å². The van der Waals surface area contributed by atoms with Crippen LogP contribution in [0.3, 0.4) is 0 Å². The average molecular weight is 482 g/mol. The third kappa shape index (κ3) is 5.71. The van der Waals surface area contributed by atoms with Crippen LogP contribution in [0.1, 0.15) is 18.4 Å². The van der Waals surface area contributed by atoms with E-state index >= 15 is 0 Å². The summed E-state index contributed by atoms with van der Waals surface area (Å²) in [5.41, 5.74) is 1.77. The Labute approximate surface area is 200 Å². The first-order chi connectivity index (χ1) is 16.0. The summed E-state index contributed by atoms with van der Waals surface area (Å²) in [6, 6.07) is 17.1. The summed E-state index contributed by atoms with van der Waals surface area (Å²) in [6.45, 7) is 3.94. The van der Waals surface area contributed by atoms with Crippen molar-refractivity contribution in [2.24, 2.45) is 0 Å². The van der Waals surface area contributed by atoms with Crippen molar-refractivity contribution in [1.82, 2.24) is 19.7 Å². The molecule has 1 atom stereocenters. The summed E-state index contributed by atoms with van der Waals surface area (Å²) >= 11 is 2.73. The number of aromatic nitrogens is 4. The molecular formula is C23H23N5O3S2. The first-order valence-corrected chi connectivity index (χ1v) is 12.0. The van der Waals surface area contributed by atoms with Gasteiger partial charge in [-0.15, -0.1) is 21.5 Å². The van der Waals surface area contributed by atoms with Gasteiger partial charge in [-0.2, -0.15) is 0 Å². The van der Waals surface area contributed by atoms with Crippen molar-refractivity contribution in [2.45, 2.75) is 30.9 Å². The van der Waals surface area contributed by atoms with Crippen LogP contribution in [-0.2, 0) is 11.4 Å². The molecule has 0 aliphatic heterocycles. The van der Waals surface area contributed by atoms with Gasteiger partial charge in [0, 0.05) is 11.1 Å². The number of anilines is 1. The number of carbonyl (C=O) groups excluding carboxylic acids is 1. The highest BCUT2D eigenvalue weighted by molar-refractivity contribution is 8.00. The molecule has 0 aliphatic carbocycles. The zero-order valence-corrected chi connectivity index (χ0v) is 20.0. The van der Waals surface area contributed by atoms with Crippen LogP contribution in [0, 0.1) is 6.92 Å². The predicted octanol–water partition coefficient (Wildman–Crippen LogP) is 4.74. The quantitative estimate of drug-likeness (QED) is 0.345. The standard InChI is InChI=1S/C23H23N5O3S2/c1-15-14-32-22(24-15)25-21(29)16(2)33-23-27-26-20(28(23)17-7-5-4-6-8-17)13-31-19-11-9-18(30-3)10-12-19/h4-12,14,16H,13H2,1-3H3,(H,24,25,29). The van der Waals surface area contributed by atoms with Gasteiger partial charge in [-0.3, -0.25) is 9.36 Å². The minimum atomic E-state index is -0.406. The predicted molar refractivity (Wildman–Crippen MR) is 129 cm³/mol. The van der Waals surface area contributed by atoms with Crippen LogP contribution in [0.2, 0.25) is 0 Å². The molecule has 1 unspecified atom stereocenters. The largest absolute Gasteiger partial charge is 0.497 e. The number of hydrogen-bond acceptors (Lipinski definition) is 8. The molecule has 0 saturated heterocycles. The van der Waals surface area contributed by atoms with Gasteiger partial charge in [-0.05, 0) is 50.2 Å². The van der Waals surface area contributed by atoms with Gasteiger partial charge in [0.15, 0.2) is 16.1 Å². The molecular weight excluding hydrogens is 458 g/mol.